The smallest absolute Gasteiger partial charge is 0.251 e. The lowest BCUT2D eigenvalue weighted by Crippen LogP contribution is -2.45. The van der Waals surface area contributed by atoms with Gasteiger partial charge in [-0.3, -0.25) is 4.79 Å². The number of methoxy groups -OCH3 is 1. The van der Waals surface area contributed by atoms with Crippen LogP contribution in [0.5, 0.6) is 5.75 Å². The van der Waals surface area contributed by atoms with E-state index in [9.17, 15) is 9.18 Å². The quantitative estimate of drug-likeness (QED) is 0.891. The van der Waals surface area contributed by atoms with Gasteiger partial charge in [0.2, 0.25) is 0 Å². The van der Waals surface area contributed by atoms with Crippen LogP contribution in [0.2, 0.25) is 0 Å². The van der Waals surface area contributed by atoms with Crippen LogP contribution in [0.15, 0.2) is 18.2 Å². The molecule has 0 spiro atoms. The molecule has 1 saturated heterocycles. The number of piperidine rings is 1. The van der Waals surface area contributed by atoms with E-state index in [2.05, 4.69) is 10.6 Å². The summed E-state index contributed by atoms with van der Waals surface area (Å²) in [4.78, 5) is 12.0. The fourth-order valence-corrected chi connectivity index (χ4v) is 2.04. The Morgan fingerprint density at radius 2 is 2.32 bits per heavy atom. The molecular weight excluding hydrogens is 271 g/mol. The third-order valence-corrected chi connectivity index (χ3v) is 3.05. The molecule has 1 aromatic carbocycles. The van der Waals surface area contributed by atoms with E-state index in [1.54, 1.807) is 0 Å². The van der Waals surface area contributed by atoms with Gasteiger partial charge in [0.1, 0.15) is 0 Å². The Morgan fingerprint density at radius 1 is 1.53 bits per heavy atom. The van der Waals surface area contributed by atoms with Crippen LogP contribution in [0.4, 0.5) is 4.39 Å². The van der Waals surface area contributed by atoms with Crippen LogP contribution in [-0.4, -0.2) is 32.1 Å². The Hall–Kier alpha value is -1.33. The van der Waals surface area contributed by atoms with Gasteiger partial charge < -0.3 is 15.4 Å². The molecule has 0 saturated carbocycles. The van der Waals surface area contributed by atoms with E-state index in [1.165, 1.54) is 25.3 Å². The zero-order chi connectivity index (χ0) is 13.0. The lowest BCUT2D eigenvalue weighted by atomic mass is 10.1. The molecular formula is C13H18ClFN2O2. The molecule has 4 nitrogen and oxygen atoms in total. The van der Waals surface area contributed by atoms with Gasteiger partial charge in [0.15, 0.2) is 11.6 Å². The molecule has 0 aromatic heterocycles. The zero-order valence-corrected chi connectivity index (χ0v) is 11.6. The number of halogens is 2. The van der Waals surface area contributed by atoms with Crippen molar-refractivity contribution in [3.05, 3.63) is 29.6 Å². The number of carbonyl (C=O) groups excluding carboxylic acids is 1. The lowest BCUT2D eigenvalue weighted by Gasteiger charge is -2.23. The maximum absolute atomic E-state index is 13.2. The van der Waals surface area contributed by atoms with E-state index in [4.69, 9.17) is 4.74 Å². The van der Waals surface area contributed by atoms with Gasteiger partial charge in [-0.05, 0) is 37.6 Å². The third-order valence-electron chi connectivity index (χ3n) is 3.05. The summed E-state index contributed by atoms with van der Waals surface area (Å²) >= 11 is 0. The Labute approximate surface area is 118 Å². The molecule has 1 amide bonds. The number of hydrogen-bond acceptors (Lipinski definition) is 3. The van der Waals surface area contributed by atoms with Gasteiger partial charge in [0, 0.05) is 18.2 Å². The van der Waals surface area contributed by atoms with Gasteiger partial charge in [-0.2, -0.15) is 0 Å². The first-order valence-corrected chi connectivity index (χ1v) is 6.06. The molecule has 106 valence electrons. The van der Waals surface area contributed by atoms with Crippen LogP contribution in [0, 0.1) is 5.82 Å². The summed E-state index contributed by atoms with van der Waals surface area (Å²) in [7, 11) is 1.38. The second-order valence-electron chi connectivity index (χ2n) is 4.37. The highest BCUT2D eigenvalue weighted by molar-refractivity contribution is 5.94. The number of amides is 1. The lowest BCUT2D eigenvalue weighted by molar-refractivity contribution is 0.0930. The SMILES string of the molecule is COc1cc(C(=O)N[C@H]2CCCNC2)ccc1F.Cl. The maximum atomic E-state index is 13.2. The van der Waals surface area contributed by atoms with Crippen LogP contribution in [0.3, 0.4) is 0 Å². The van der Waals surface area contributed by atoms with Gasteiger partial charge >= 0.3 is 0 Å². The van der Waals surface area contributed by atoms with E-state index >= 15 is 0 Å². The minimum absolute atomic E-state index is 0. The molecule has 1 aliphatic heterocycles. The third kappa shape index (κ3) is 4.08. The highest BCUT2D eigenvalue weighted by Gasteiger charge is 2.17. The Morgan fingerprint density at radius 3 is 2.95 bits per heavy atom. The summed E-state index contributed by atoms with van der Waals surface area (Å²) in [5.74, 6) is -0.570. The average Bonchev–Trinajstić information content (AvgIpc) is 2.40. The second-order valence-corrected chi connectivity index (χ2v) is 4.37. The first kappa shape index (κ1) is 15.7. The Balaban J connectivity index is 0.00000180. The predicted molar refractivity (Wildman–Crippen MR) is 73.6 cm³/mol. The number of hydrogen-bond donors (Lipinski definition) is 2. The normalized spacial score (nSPS) is 18.3. The van der Waals surface area contributed by atoms with Crippen LogP contribution < -0.4 is 15.4 Å². The highest BCUT2D eigenvalue weighted by atomic mass is 35.5. The van der Waals surface area contributed by atoms with Crippen LogP contribution in [0.25, 0.3) is 0 Å². The first-order chi connectivity index (χ1) is 8.70. The molecule has 0 radical (unpaired) electrons. The largest absolute Gasteiger partial charge is 0.494 e. The molecule has 6 heteroatoms. The number of ether oxygens (including phenoxy) is 1. The molecule has 2 rings (SSSR count). The van der Waals surface area contributed by atoms with Crippen LogP contribution in [-0.2, 0) is 0 Å². The summed E-state index contributed by atoms with van der Waals surface area (Å²) in [6.07, 6.45) is 2.02. The topological polar surface area (TPSA) is 50.4 Å². The molecule has 1 aliphatic rings. The summed E-state index contributed by atoms with van der Waals surface area (Å²) in [6.45, 7) is 1.78. The van der Waals surface area contributed by atoms with Crippen LogP contribution in [0.1, 0.15) is 23.2 Å². The van der Waals surface area contributed by atoms with Crippen molar-refractivity contribution in [2.24, 2.45) is 0 Å². The Kier molecular flexibility index (Phi) is 6.05. The van der Waals surface area contributed by atoms with Crippen molar-refractivity contribution < 1.29 is 13.9 Å². The summed E-state index contributed by atoms with van der Waals surface area (Å²) in [5.41, 5.74) is 0.416. The monoisotopic (exact) mass is 288 g/mol. The molecule has 0 unspecified atom stereocenters. The van der Waals surface area contributed by atoms with Gasteiger partial charge in [0.25, 0.3) is 5.91 Å². The van der Waals surface area contributed by atoms with Gasteiger partial charge in [-0.15, -0.1) is 12.4 Å². The van der Waals surface area contributed by atoms with Gasteiger partial charge in [-0.1, -0.05) is 0 Å². The second kappa shape index (κ2) is 7.31. The van der Waals surface area contributed by atoms with E-state index < -0.39 is 5.82 Å². The van der Waals surface area contributed by atoms with Crippen molar-refractivity contribution >= 4 is 18.3 Å². The van der Waals surface area contributed by atoms with E-state index in [0.717, 1.165) is 25.9 Å². The molecule has 2 N–H and O–H groups in total. The first-order valence-electron chi connectivity index (χ1n) is 6.06. The number of nitrogens with one attached hydrogen (secondary N) is 2. The predicted octanol–water partition coefficient (Wildman–Crippen LogP) is 1.74. The van der Waals surface area contributed by atoms with Gasteiger partial charge in [0.05, 0.1) is 7.11 Å². The molecule has 1 aromatic rings. The molecule has 19 heavy (non-hydrogen) atoms. The van der Waals surface area contributed by atoms with Crippen molar-refractivity contribution in [2.45, 2.75) is 18.9 Å². The van der Waals surface area contributed by atoms with Crippen molar-refractivity contribution in [2.75, 3.05) is 20.2 Å². The average molecular weight is 289 g/mol. The fourth-order valence-electron chi connectivity index (χ4n) is 2.04. The van der Waals surface area contributed by atoms with E-state index in [-0.39, 0.29) is 30.1 Å². The van der Waals surface area contributed by atoms with Crippen molar-refractivity contribution in [1.29, 1.82) is 0 Å². The molecule has 0 aliphatic carbocycles. The minimum Gasteiger partial charge on any atom is -0.494 e. The fraction of sp³-hybridized carbons (Fsp3) is 0.462. The van der Waals surface area contributed by atoms with Gasteiger partial charge in [-0.25, -0.2) is 4.39 Å². The van der Waals surface area contributed by atoms with Crippen molar-refractivity contribution in [3.63, 3.8) is 0 Å². The van der Waals surface area contributed by atoms with Crippen molar-refractivity contribution in [3.8, 4) is 5.75 Å². The Bertz CT molecular complexity index is 437. The van der Waals surface area contributed by atoms with Crippen LogP contribution >= 0.6 is 12.4 Å². The maximum Gasteiger partial charge on any atom is 0.251 e. The summed E-state index contributed by atoms with van der Waals surface area (Å²) < 4.78 is 18.1. The minimum atomic E-state index is -0.464. The van der Waals surface area contributed by atoms with Crippen molar-refractivity contribution in [1.82, 2.24) is 10.6 Å². The number of carbonyl (C=O) groups is 1. The molecule has 1 fully saturated rings. The zero-order valence-electron chi connectivity index (χ0n) is 10.7. The summed E-state index contributed by atoms with van der Waals surface area (Å²) in [5, 5.41) is 6.15. The molecule has 1 atom stereocenters. The summed E-state index contributed by atoms with van der Waals surface area (Å²) in [6, 6.07) is 4.26. The highest BCUT2D eigenvalue weighted by Crippen LogP contribution is 2.18. The van der Waals surface area contributed by atoms with E-state index in [1.807, 2.05) is 0 Å². The standard InChI is InChI=1S/C13H17FN2O2.ClH/c1-18-12-7-9(4-5-11(12)14)13(17)16-10-3-2-6-15-8-10;/h4-5,7,10,15H,2-3,6,8H2,1H3,(H,16,17);1H/t10-;/m0./s1. The van der Waals surface area contributed by atoms with E-state index in [0.29, 0.717) is 5.56 Å². The number of benzene rings is 1. The molecule has 0 bridgehead atoms. The number of rotatable bonds is 3. The molecule has 1 heterocycles.